The number of benzene rings is 2. The lowest BCUT2D eigenvalue weighted by Gasteiger charge is -2.07. The van der Waals surface area contributed by atoms with E-state index in [0.717, 1.165) is 10.0 Å². The largest absolute Gasteiger partial charge is 0.398 e. The Labute approximate surface area is 119 Å². The van der Waals surface area contributed by atoms with Gasteiger partial charge in [0.05, 0.1) is 10.7 Å². The molecule has 0 radical (unpaired) electrons. The van der Waals surface area contributed by atoms with Crippen molar-refractivity contribution in [2.45, 2.75) is 6.92 Å². The minimum absolute atomic E-state index is 0.0595. The van der Waals surface area contributed by atoms with Crippen LogP contribution in [0.3, 0.4) is 0 Å². The van der Waals surface area contributed by atoms with Crippen molar-refractivity contribution in [3.63, 3.8) is 0 Å². The van der Waals surface area contributed by atoms with Crippen molar-refractivity contribution < 1.29 is 4.79 Å². The monoisotopic (exact) mass is 323 g/mol. The van der Waals surface area contributed by atoms with Crippen molar-refractivity contribution in [1.29, 1.82) is 0 Å². The van der Waals surface area contributed by atoms with Gasteiger partial charge in [-0.1, -0.05) is 33.6 Å². The van der Waals surface area contributed by atoms with Gasteiger partial charge in [-0.2, -0.15) is 0 Å². The number of rotatable bonds is 2. The van der Waals surface area contributed by atoms with E-state index >= 15 is 0 Å². The number of nitrogen functional groups attached to an aromatic ring is 1. The van der Waals surface area contributed by atoms with Crippen LogP contribution < -0.4 is 5.73 Å². The fraction of sp³-hybridized carbons (Fsp3) is 0.0714. The summed E-state index contributed by atoms with van der Waals surface area (Å²) in [4.78, 5) is 12.4. The molecule has 0 amide bonds. The Morgan fingerprint density at radius 1 is 1.22 bits per heavy atom. The van der Waals surface area contributed by atoms with E-state index in [4.69, 9.17) is 17.3 Å². The zero-order valence-electron chi connectivity index (χ0n) is 9.71. The first-order valence-corrected chi connectivity index (χ1v) is 6.52. The maximum Gasteiger partial charge on any atom is 0.193 e. The zero-order valence-corrected chi connectivity index (χ0v) is 12.0. The molecule has 0 saturated carbocycles. The number of halogens is 2. The van der Waals surface area contributed by atoms with E-state index < -0.39 is 0 Å². The molecular weight excluding hydrogens is 314 g/mol. The molecule has 92 valence electrons. The number of aryl methyl sites for hydroxylation is 1. The number of hydrogen-bond donors (Lipinski definition) is 1. The summed E-state index contributed by atoms with van der Waals surface area (Å²) in [7, 11) is 0. The maximum atomic E-state index is 12.4. The van der Waals surface area contributed by atoms with Crippen LogP contribution in [-0.4, -0.2) is 5.78 Å². The molecule has 2 N–H and O–H groups in total. The lowest BCUT2D eigenvalue weighted by atomic mass is 9.99. The van der Waals surface area contributed by atoms with Gasteiger partial charge in [0.25, 0.3) is 0 Å². The zero-order chi connectivity index (χ0) is 13.3. The average molecular weight is 325 g/mol. The van der Waals surface area contributed by atoms with Crippen molar-refractivity contribution in [3.05, 3.63) is 62.6 Å². The molecule has 0 aliphatic heterocycles. The highest BCUT2D eigenvalue weighted by Crippen LogP contribution is 2.24. The van der Waals surface area contributed by atoms with Crippen LogP contribution in [0.5, 0.6) is 0 Å². The molecule has 2 aromatic carbocycles. The Morgan fingerprint density at radius 2 is 1.94 bits per heavy atom. The molecule has 18 heavy (non-hydrogen) atoms. The van der Waals surface area contributed by atoms with Gasteiger partial charge in [-0.05, 0) is 42.8 Å². The SMILES string of the molecule is Cc1ccc(Br)cc1C(=O)c1ccc(N)c(Cl)c1. The topological polar surface area (TPSA) is 43.1 Å². The Balaban J connectivity index is 2.47. The molecule has 0 atom stereocenters. The fourth-order valence-electron chi connectivity index (χ4n) is 1.66. The van der Waals surface area contributed by atoms with Crippen molar-refractivity contribution in [2.75, 3.05) is 5.73 Å². The molecule has 2 rings (SSSR count). The third kappa shape index (κ3) is 2.57. The standard InChI is InChI=1S/C14H11BrClNO/c1-8-2-4-10(15)7-11(8)14(18)9-3-5-13(17)12(16)6-9/h2-7H,17H2,1H3. The van der Waals surface area contributed by atoms with Crippen molar-refractivity contribution in [3.8, 4) is 0 Å². The van der Waals surface area contributed by atoms with Gasteiger partial charge in [0.2, 0.25) is 0 Å². The minimum Gasteiger partial charge on any atom is -0.398 e. The normalized spacial score (nSPS) is 10.4. The predicted molar refractivity (Wildman–Crippen MR) is 78.2 cm³/mol. The number of carbonyl (C=O) groups excluding carboxylic acids is 1. The Morgan fingerprint density at radius 3 is 2.61 bits per heavy atom. The van der Waals surface area contributed by atoms with E-state index in [1.165, 1.54) is 0 Å². The van der Waals surface area contributed by atoms with Gasteiger partial charge < -0.3 is 5.73 Å². The van der Waals surface area contributed by atoms with Gasteiger partial charge in [-0.15, -0.1) is 0 Å². The lowest BCUT2D eigenvalue weighted by Crippen LogP contribution is -2.04. The molecule has 0 bridgehead atoms. The molecule has 0 fully saturated rings. The number of ketones is 1. The number of anilines is 1. The van der Waals surface area contributed by atoms with Crippen LogP contribution >= 0.6 is 27.5 Å². The second kappa shape index (κ2) is 5.12. The smallest absolute Gasteiger partial charge is 0.193 e. The first-order valence-electron chi connectivity index (χ1n) is 5.35. The van der Waals surface area contributed by atoms with Crippen molar-refractivity contribution in [2.24, 2.45) is 0 Å². The summed E-state index contributed by atoms with van der Waals surface area (Å²) < 4.78 is 0.873. The van der Waals surface area contributed by atoms with Crippen LogP contribution in [0.4, 0.5) is 5.69 Å². The summed E-state index contributed by atoms with van der Waals surface area (Å²) in [5.41, 5.74) is 8.22. The summed E-state index contributed by atoms with van der Waals surface area (Å²) in [6.07, 6.45) is 0. The molecule has 0 saturated heterocycles. The van der Waals surface area contributed by atoms with Crippen LogP contribution in [0.1, 0.15) is 21.5 Å². The molecule has 0 heterocycles. The van der Waals surface area contributed by atoms with Crippen LogP contribution in [-0.2, 0) is 0 Å². The summed E-state index contributed by atoms with van der Waals surface area (Å²) >= 11 is 9.29. The van der Waals surface area contributed by atoms with Gasteiger partial charge in [-0.25, -0.2) is 0 Å². The van der Waals surface area contributed by atoms with Crippen LogP contribution in [0.15, 0.2) is 40.9 Å². The molecule has 0 spiro atoms. The second-order valence-electron chi connectivity index (χ2n) is 4.02. The number of nitrogens with two attached hydrogens (primary N) is 1. The summed E-state index contributed by atoms with van der Waals surface area (Å²) in [6, 6.07) is 10.5. The quantitative estimate of drug-likeness (QED) is 0.664. The molecule has 4 heteroatoms. The van der Waals surface area contributed by atoms with E-state index in [-0.39, 0.29) is 5.78 Å². The fourth-order valence-corrected chi connectivity index (χ4v) is 2.20. The van der Waals surface area contributed by atoms with Crippen molar-refractivity contribution >= 4 is 39.0 Å². The van der Waals surface area contributed by atoms with Crippen LogP contribution in [0.25, 0.3) is 0 Å². The average Bonchev–Trinajstić information content (AvgIpc) is 2.35. The van der Waals surface area contributed by atoms with E-state index in [1.54, 1.807) is 18.2 Å². The van der Waals surface area contributed by atoms with E-state index in [9.17, 15) is 4.79 Å². The third-order valence-corrected chi connectivity index (χ3v) is 3.53. The van der Waals surface area contributed by atoms with Gasteiger partial charge >= 0.3 is 0 Å². The van der Waals surface area contributed by atoms with Crippen LogP contribution in [0.2, 0.25) is 5.02 Å². The van der Waals surface area contributed by atoms with E-state index in [2.05, 4.69) is 15.9 Å². The highest BCUT2D eigenvalue weighted by molar-refractivity contribution is 9.10. The summed E-state index contributed by atoms with van der Waals surface area (Å²) in [5.74, 6) is -0.0595. The molecule has 2 aromatic rings. The molecule has 0 unspecified atom stereocenters. The Bertz CT molecular complexity index is 625. The third-order valence-electron chi connectivity index (χ3n) is 2.71. The Kier molecular flexibility index (Phi) is 3.73. The van der Waals surface area contributed by atoms with Gasteiger partial charge in [-0.3, -0.25) is 4.79 Å². The highest BCUT2D eigenvalue weighted by atomic mass is 79.9. The summed E-state index contributed by atoms with van der Waals surface area (Å²) in [6.45, 7) is 1.90. The lowest BCUT2D eigenvalue weighted by molar-refractivity contribution is 0.103. The van der Waals surface area contributed by atoms with E-state index in [0.29, 0.717) is 21.8 Å². The first-order chi connectivity index (χ1) is 8.49. The van der Waals surface area contributed by atoms with E-state index in [1.807, 2.05) is 25.1 Å². The Hall–Kier alpha value is -1.32. The second-order valence-corrected chi connectivity index (χ2v) is 5.35. The first kappa shape index (κ1) is 13.1. The van der Waals surface area contributed by atoms with Crippen LogP contribution in [0, 0.1) is 6.92 Å². The molecule has 0 aromatic heterocycles. The highest BCUT2D eigenvalue weighted by Gasteiger charge is 2.13. The molecular formula is C14H11BrClNO. The number of carbonyl (C=O) groups is 1. The molecule has 2 nitrogen and oxygen atoms in total. The number of hydrogen-bond acceptors (Lipinski definition) is 2. The molecule has 0 aliphatic rings. The summed E-state index contributed by atoms with van der Waals surface area (Å²) in [5, 5.41) is 0.397. The van der Waals surface area contributed by atoms with Gasteiger partial charge in [0.1, 0.15) is 0 Å². The molecule has 0 aliphatic carbocycles. The predicted octanol–water partition coefficient (Wildman–Crippen LogP) is 4.22. The van der Waals surface area contributed by atoms with Gasteiger partial charge in [0.15, 0.2) is 5.78 Å². The minimum atomic E-state index is -0.0595. The van der Waals surface area contributed by atoms with Gasteiger partial charge in [0, 0.05) is 15.6 Å². The maximum absolute atomic E-state index is 12.4. The van der Waals surface area contributed by atoms with Crippen molar-refractivity contribution in [1.82, 2.24) is 0 Å².